The van der Waals surface area contributed by atoms with E-state index >= 15 is 0 Å². The minimum Gasteiger partial charge on any atom is -0.336 e. The van der Waals surface area contributed by atoms with Gasteiger partial charge < -0.3 is 15.5 Å². The van der Waals surface area contributed by atoms with Crippen molar-refractivity contribution in [1.29, 1.82) is 0 Å². The molecule has 126 valence electrons. The molecule has 1 aliphatic heterocycles. The van der Waals surface area contributed by atoms with Crippen LogP contribution in [0.25, 0.3) is 0 Å². The summed E-state index contributed by atoms with van der Waals surface area (Å²) in [6.07, 6.45) is 2.24. The van der Waals surface area contributed by atoms with Gasteiger partial charge in [0.15, 0.2) is 0 Å². The molecule has 0 spiro atoms. The van der Waals surface area contributed by atoms with Crippen molar-refractivity contribution in [2.45, 2.75) is 31.8 Å². The lowest BCUT2D eigenvalue weighted by molar-refractivity contribution is 0.0990. The number of carbonyl (C=O) groups is 1. The van der Waals surface area contributed by atoms with Gasteiger partial charge in [0.1, 0.15) is 0 Å². The maximum absolute atomic E-state index is 12.0. The third-order valence-electron chi connectivity index (χ3n) is 4.85. The van der Waals surface area contributed by atoms with E-state index in [1.165, 1.54) is 5.56 Å². The van der Waals surface area contributed by atoms with E-state index in [0.717, 1.165) is 45.6 Å². The van der Waals surface area contributed by atoms with Gasteiger partial charge in [-0.1, -0.05) is 37.3 Å². The van der Waals surface area contributed by atoms with Crippen molar-refractivity contribution >= 4 is 6.03 Å². The quantitative estimate of drug-likeness (QED) is 0.842. The molecule has 1 saturated heterocycles. The molecular weight excluding hydrogens is 288 g/mol. The van der Waals surface area contributed by atoms with Gasteiger partial charge in [0.2, 0.25) is 0 Å². The zero-order chi connectivity index (χ0) is 16.1. The van der Waals surface area contributed by atoms with Crippen LogP contribution in [0.2, 0.25) is 0 Å². The Morgan fingerprint density at radius 1 is 1.17 bits per heavy atom. The number of rotatable bonds is 6. The molecule has 5 nitrogen and oxygen atoms in total. The Morgan fingerprint density at radius 3 is 2.48 bits per heavy atom. The van der Waals surface area contributed by atoms with E-state index in [0.29, 0.717) is 12.6 Å². The van der Waals surface area contributed by atoms with E-state index in [1.807, 2.05) is 6.07 Å². The second-order valence-electron chi connectivity index (χ2n) is 6.53. The molecule has 0 aromatic heterocycles. The molecule has 2 N–H and O–H groups in total. The molecule has 23 heavy (non-hydrogen) atoms. The summed E-state index contributed by atoms with van der Waals surface area (Å²) in [7, 11) is 0. The van der Waals surface area contributed by atoms with E-state index in [2.05, 4.69) is 51.6 Å². The molecule has 2 aliphatic rings. The van der Waals surface area contributed by atoms with Crippen LogP contribution < -0.4 is 10.6 Å². The standard InChI is InChI=1S/C18H28N4O/c1-2-21-10-12-22(13-11-21)17(15-6-4-3-5-7-15)14-19-18(23)20-16-8-9-16/h3-7,16-17H,2,8-14H2,1H3,(H2,19,20,23). The van der Waals surface area contributed by atoms with E-state index < -0.39 is 0 Å². The predicted molar refractivity (Wildman–Crippen MR) is 92.4 cm³/mol. The zero-order valence-corrected chi connectivity index (χ0v) is 14.0. The van der Waals surface area contributed by atoms with Crippen molar-refractivity contribution < 1.29 is 4.79 Å². The number of hydrogen-bond acceptors (Lipinski definition) is 3. The van der Waals surface area contributed by atoms with Crippen LogP contribution in [0.15, 0.2) is 30.3 Å². The lowest BCUT2D eigenvalue weighted by Gasteiger charge is -2.39. The second-order valence-corrected chi connectivity index (χ2v) is 6.53. The monoisotopic (exact) mass is 316 g/mol. The molecule has 0 bridgehead atoms. The Hall–Kier alpha value is -1.59. The minimum atomic E-state index is -0.0272. The fourth-order valence-electron chi connectivity index (χ4n) is 3.18. The summed E-state index contributed by atoms with van der Waals surface area (Å²) < 4.78 is 0. The zero-order valence-electron chi connectivity index (χ0n) is 14.0. The number of nitrogens with zero attached hydrogens (tertiary/aromatic N) is 2. The van der Waals surface area contributed by atoms with Crippen LogP contribution in [0.5, 0.6) is 0 Å². The highest BCUT2D eigenvalue weighted by Gasteiger charge is 2.26. The van der Waals surface area contributed by atoms with Crippen LogP contribution in [0.3, 0.4) is 0 Å². The molecule has 1 aromatic carbocycles. The predicted octanol–water partition coefficient (Wildman–Crippen LogP) is 1.83. The molecule has 1 atom stereocenters. The van der Waals surface area contributed by atoms with Crippen molar-refractivity contribution in [3.05, 3.63) is 35.9 Å². The number of carbonyl (C=O) groups excluding carboxylic acids is 1. The van der Waals surface area contributed by atoms with Gasteiger partial charge in [-0.25, -0.2) is 4.79 Å². The van der Waals surface area contributed by atoms with Crippen LogP contribution in [-0.2, 0) is 0 Å². The lowest BCUT2D eigenvalue weighted by Crippen LogP contribution is -2.50. The summed E-state index contributed by atoms with van der Waals surface area (Å²) in [5.74, 6) is 0. The van der Waals surface area contributed by atoms with E-state index in [9.17, 15) is 4.79 Å². The SMILES string of the molecule is CCN1CCN(C(CNC(=O)NC2CC2)c2ccccc2)CC1. The third-order valence-corrected chi connectivity index (χ3v) is 4.85. The third kappa shape index (κ3) is 4.69. The number of benzene rings is 1. The van der Waals surface area contributed by atoms with Crippen molar-refractivity contribution in [1.82, 2.24) is 20.4 Å². The summed E-state index contributed by atoms with van der Waals surface area (Å²) in [5, 5.41) is 6.07. The Kier molecular flexibility index (Phi) is 5.51. The first-order valence-corrected chi connectivity index (χ1v) is 8.82. The summed E-state index contributed by atoms with van der Waals surface area (Å²) in [4.78, 5) is 16.9. The fraction of sp³-hybridized carbons (Fsp3) is 0.611. The summed E-state index contributed by atoms with van der Waals surface area (Å²) in [6.45, 7) is 8.32. The van der Waals surface area contributed by atoms with Gasteiger partial charge in [-0.3, -0.25) is 4.90 Å². The van der Waals surface area contributed by atoms with Gasteiger partial charge in [0, 0.05) is 38.8 Å². The Bertz CT molecular complexity index is 495. The molecule has 1 saturated carbocycles. The number of nitrogens with one attached hydrogen (secondary N) is 2. The van der Waals surface area contributed by atoms with Crippen molar-refractivity contribution in [2.75, 3.05) is 39.3 Å². The molecular formula is C18H28N4O. The number of amides is 2. The highest BCUT2D eigenvalue weighted by atomic mass is 16.2. The molecule has 1 unspecified atom stereocenters. The number of hydrogen-bond donors (Lipinski definition) is 2. The average molecular weight is 316 g/mol. The van der Waals surface area contributed by atoms with Crippen LogP contribution >= 0.6 is 0 Å². The van der Waals surface area contributed by atoms with E-state index in [1.54, 1.807) is 0 Å². The molecule has 1 aromatic rings. The Balaban J connectivity index is 1.60. The minimum absolute atomic E-state index is 0.0272. The van der Waals surface area contributed by atoms with E-state index in [4.69, 9.17) is 0 Å². The Labute approximate surface area is 139 Å². The van der Waals surface area contributed by atoms with Crippen LogP contribution in [0, 0.1) is 0 Å². The van der Waals surface area contributed by atoms with Gasteiger partial charge in [-0.05, 0) is 24.9 Å². The van der Waals surface area contributed by atoms with Crippen LogP contribution in [0.1, 0.15) is 31.4 Å². The molecule has 0 radical (unpaired) electrons. The summed E-state index contributed by atoms with van der Waals surface area (Å²) in [5.41, 5.74) is 1.28. The first-order chi connectivity index (χ1) is 11.3. The Morgan fingerprint density at radius 2 is 1.87 bits per heavy atom. The van der Waals surface area contributed by atoms with E-state index in [-0.39, 0.29) is 12.1 Å². The normalized spacial score (nSPS) is 20.9. The van der Waals surface area contributed by atoms with Crippen LogP contribution in [0.4, 0.5) is 4.79 Å². The maximum atomic E-state index is 12.0. The molecule has 3 rings (SSSR count). The number of likely N-dealkylation sites (N-methyl/N-ethyl adjacent to an activating group) is 1. The van der Waals surface area contributed by atoms with Gasteiger partial charge >= 0.3 is 6.03 Å². The highest BCUT2D eigenvalue weighted by Crippen LogP contribution is 2.22. The van der Waals surface area contributed by atoms with Gasteiger partial charge in [-0.15, -0.1) is 0 Å². The van der Waals surface area contributed by atoms with Gasteiger partial charge in [0.05, 0.1) is 6.04 Å². The van der Waals surface area contributed by atoms with Crippen LogP contribution in [-0.4, -0.2) is 61.1 Å². The van der Waals surface area contributed by atoms with Crippen molar-refractivity contribution in [3.8, 4) is 0 Å². The topological polar surface area (TPSA) is 47.6 Å². The van der Waals surface area contributed by atoms with Gasteiger partial charge in [0.25, 0.3) is 0 Å². The molecule has 1 aliphatic carbocycles. The first kappa shape index (κ1) is 16.3. The fourth-order valence-corrected chi connectivity index (χ4v) is 3.18. The lowest BCUT2D eigenvalue weighted by atomic mass is 10.0. The smallest absolute Gasteiger partial charge is 0.315 e. The van der Waals surface area contributed by atoms with Crippen molar-refractivity contribution in [3.63, 3.8) is 0 Å². The van der Waals surface area contributed by atoms with Gasteiger partial charge in [-0.2, -0.15) is 0 Å². The summed E-state index contributed by atoms with van der Waals surface area (Å²) >= 11 is 0. The number of piperazine rings is 1. The van der Waals surface area contributed by atoms with Crippen molar-refractivity contribution in [2.24, 2.45) is 0 Å². The summed E-state index contributed by atoms with van der Waals surface area (Å²) in [6, 6.07) is 11.2. The molecule has 5 heteroatoms. The average Bonchev–Trinajstić information content (AvgIpc) is 3.40. The highest BCUT2D eigenvalue weighted by molar-refractivity contribution is 5.74. The molecule has 2 fully saturated rings. The largest absolute Gasteiger partial charge is 0.336 e. The first-order valence-electron chi connectivity index (χ1n) is 8.82. The number of urea groups is 1. The molecule has 1 heterocycles. The second kappa shape index (κ2) is 7.79. The maximum Gasteiger partial charge on any atom is 0.315 e. The molecule has 2 amide bonds.